The van der Waals surface area contributed by atoms with Crippen LogP contribution in [0, 0.1) is 11.3 Å². The Morgan fingerprint density at radius 1 is 1.29 bits per heavy atom. The second kappa shape index (κ2) is 6.93. The fourth-order valence-electron chi connectivity index (χ4n) is 1.65. The second-order valence-corrected chi connectivity index (χ2v) is 4.41. The molecule has 0 radical (unpaired) electrons. The summed E-state index contributed by atoms with van der Waals surface area (Å²) in [5.74, 6) is 0. The molecule has 17 heavy (non-hydrogen) atoms. The Hall–Kier alpha value is -1.53. The van der Waals surface area contributed by atoms with Crippen molar-refractivity contribution in [2.75, 3.05) is 19.0 Å². The van der Waals surface area contributed by atoms with Gasteiger partial charge in [-0.1, -0.05) is 19.1 Å². The van der Waals surface area contributed by atoms with E-state index in [1.54, 1.807) is 0 Å². The van der Waals surface area contributed by atoms with Crippen LogP contribution in [0.1, 0.15) is 25.3 Å². The quantitative estimate of drug-likeness (QED) is 0.817. The van der Waals surface area contributed by atoms with Crippen LogP contribution in [0.3, 0.4) is 0 Å². The molecule has 0 fully saturated rings. The van der Waals surface area contributed by atoms with Gasteiger partial charge in [0, 0.05) is 32.4 Å². The first kappa shape index (κ1) is 13.5. The lowest BCUT2D eigenvalue weighted by molar-refractivity contribution is 0.505. The molecule has 0 amide bonds. The minimum atomic E-state index is 0.300. The number of rotatable bonds is 6. The standard InChI is InChI=1S/C14H21N3/c1-4-13(9-10-15)16-11-12-5-7-14(8-6-12)17(2)3/h5-8,13,16H,4,9,11H2,1-3H3. The highest BCUT2D eigenvalue weighted by Gasteiger charge is 2.04. The molecule has 3 heteroatoms. The zero-order valence-corrected chi connectivity index (χ0v) is 10.9. The van der Waals surface area contributed by atoms with Gasteiger partial charge in [-0.2, -0.15) is 5.26 Å². The lowest BCUT2D eigenvalue weighted by Gasteiger charge is -2.15. The highest BCUT2D eigenvalue weighted by molar-refractivity contribution is 5.45. The number of anilines is 1. The van der Waals surface area contributed by atoms with Crippen LogP contribution < -0.4 is 10.2 Å². The predicted octanol–water partition coefficient (Wildman–Crippen LogP) is 2.53. The lowest BCUT2D eigenvalue weighted by atomic mass is 10.1. The van der Waals surface area contributed by atoms with Crippen molar-refractivity contribution in [2.45, 2.75) is 32.4 Å². The molecule has 0 bridgehead atoms. The summed E-state index contributed by atoms with van der Waals surface area (Å²) < 4.78 is 0. The van der Waals surface area contributed by atoms with E-state index in [4.69, 9.17) is 5.26 Å². The van der Waals surface area contributed by atoms with Crippen molar-refractivity contribution < 1.29 is 0 Å². The summed E-state index contributed by atoms with van der Waals surface area (Å²) in [7, 11) is 4.07. The number of nitrogens with one attached hydrogen (secondary N) is 1. The Bertz CT molecular complexity index is 362. The van der Waals surface area contributed by atoms with Gasteiger partial charge in [-0.3, -0.25) is 0 Å². The molecule has 0 aliphatic heterocycles. The summed E-state index contributed by atoms with van der Waals surface area (Å²) in [6, 6.07) is 11.0. The Balaban J connectivity index is 2.49. The number of nitrogens with zero attached hydrogens (tertiary/aromatic N) is 2. The van der Waals surface area contributed by atoms with Gasteiger partial charge in [0.25, 0.3) is 0 Å². The summed E-state index contributed by atoms with van der Waals surface area (Å²) >= 11 is 0. The number of benzene rings is 1. The average Bonchev–Trinajstić information content (AvgIpc) is 2.35. The Morgan fingerprint density at radius 2 is 1.94 bits per heavy atom. The fraction of sp³-hybridized carbons (Fsp3) is 0.500. The van der Waals surface area contributed by atoms with Crippen molar-refractivity contribution in [3.63, 3.8) is 0 Å². The van der Waals surface area contributed by atoms with Gasteiger partial charge in [-0.25, -0.2) is 0 Å². The van der Waals surface area contributed by atoms with E-state index < -0.39 is 0 Å². The Labute approximate surface area is 104 Å². The van der Waals surface area contributed by atoms with E-state index >= 15 is 0 Å². The van der Waals surface area contributed by atoms with Gasteiger partial charge in [0.2, 0.25) is 0 Å². The first-order valence-corrected chi connectivity index (χ1v) is 6.04. The highest BCUT2D eigenvalue weighted by atomic mass is 15.1. The molecular formula is C14H21N3. The third kappa shape index (κ3) is 4.46. The van der Waals surface area contributed by atoms with E-state index in [0.717, 1.165) is 13.0 Å². The second-order valence-electron chi connectivity index (χ2n) is 4.41. The minimum absolute atomic E-state index is 0.300. The van der Waals surface area contributed by atoms with Crippen molar-refractivity contribution in [1.82, 2.24) is 5.32 Å². The number of hydrogen-bond acceptors (Lipinski definition) is 3. The third-order valence-electron chi connectivity index (χ3n) is 2.88. The summed E-state index contributed by atoms with van der Waals surface area (Å²) in [5.41, 5.74) is 2.46. The molecule has 0 aliphatic carbocycles. The van der Waals surface area contributed by atoms with E-state index in [1.165, 1.54) is 11.3 Å². The maximum atomic E-state index is 8.67. The van der Waals surface area contributed by atoms with Crippen molar-refractivity contribution in [3.8, 4) is 6.07 Å². The van der Waals surface area contributed by atoms with E-state index in [9.17, 15) is 0 Å². The fourth-order valence-corrected chi connectivity index (χ4v) is 1.65. The van der Waals surface area contributed by atoms with E-state index in [-0.39, 0.29) is 0 Å². The van der Waals surface area contributed by atoms with Crippen LogP contribution in [0.4, 0.5) is 5.69 Å². The van der Waals surface area contributed by atoms with Crippen LogP contribution in [-0.4, -0.2) is 20.1 Å². The zero-order valence-electron chi connectivity index (χ0n) is 10.9. The molecule has 92 valence electrons. The van der Waals surface area contributed by atoms with Gasteiger partial charge >= 0.3 is 0 Å². The van der Waals surface area contributed by atoms with Crippen LogP contribution in [0.2, 0.25) is 0 Å². The minimum Gasteiger partial charge on any atom is -0.378 e. The van der Waals surface area contributed by atoms with Gasteiger partial charge in [-0.15, -0.1) is 0 Å². The summed E-state index contributed by atoms with van der Waals surface area (Å²) in [5, 5.41) is 12.1. The molecule has 1 N–H and O–H groups in total. The van der Waals surface area contributed by atoms with Gasteiger partial charge in [-0.05, 0) is 24.1 Å². The third-order valence-corrected chi connectivity index (χ3v) is 2.88. The summed E-state index contributed by atoms with van der Waals surface area (Å²) in [4.78, 5) is 2.09. The molecule has 0 heterocycles. The lowest BCUT2D eigenvalue weighted by Crippen LogP contribution is -2.27. The smallest absolute Gasteiger partial charge is 0.0638 e. The normalized spacial score (nSPS) is 11.9. The van der Waals surface area contributed by atoms with Gasteiger partial charge in [0.15, 0.2) is 0 Å². The van der Waals surface area contributed by atoms with Gasteiger partial charge in [0.05, 0.1) is 12.5 Å². The molecular weight excluding hydrogens is 210 g/mol. The van der Waals surface area contributed by atoms with Crippen molar-refractivity contribution in [1.29, 1.82) is 5.26 Å². The van der Waals surface area contributed by atoms with Crippen LogP contribution >= 0.6 is 0 Å². The molecule has 0 saturated heterocycles. The largest absolute Gasteiger partial charge is 0.378 e. The van der Waals surface area contributed by atoms with Crippen molar-refractivity contribution in [2.24, 2.45) is 0 Å². The number of hydrogen-bond donors (Lipinski definition) is 1. The van der Waals surface area contributed by atoms with Gasteiger partial charge in [0.1, 0.15) is 0 Å². The highest BCUT2D eigenvalue weighted by Crippen LogP contribution is 2.12. The maximum absolute atomic E-state index is 8.67. The summed E-state index contributed by atoms with van der Waals surface area (Å²) in [6.07, 6.45) is 1.57. The monoisotopic (exact) mass is 231 g/mol. The maximum Gasteiger partial charge on any atom is 0.0638 e. The molecule has 1 aromatic rings. The Morgan fingerprint density at radius 3 is 2.41 bits per heavy atom. The first-order chi connectivity index (χ1) is 8.17. The van der Waals surface area contributed by atoms with E-state index in [2.05, 4.69) is 47.5 Å². The van der Waals surface area contributed by atoms with E-state index in [1.807, 2.05) is 14.1 Å². The molecule has 1 aromatic carbocycles. The molecule has 0 saturated carbocycles. The van der Waals surface area contributed by atoms with Crippen LogP contribution in [0.15, 0.2) is 24.3 Å². The predicted molar refractivity (Wildman–Crippen MR) is 71.9 cm³/mol. The molecule has 1 rings (SSSR count). The molecule has 0 spiro atoms. The Kier molecular flexibility index (Phi) is 5.51. The molecule has 1 unspecified atom stereocenters. The number of nitriles is 1. The average molecular weight is 231 g/mol. The van der Waals surface area contributed by atoms with Crippen LogP contribution in [0.5, 0.6) is 0 Å². The summed E-state index contributed by atoms with van der Waals surface area (Å²) in [6.45, 7) is 2.93. The van der Waals surface area contributed by atoms with Crippen molar-refractivity contribution >= 4 is 5.69 Å². The SMILES string of the molecule is CCC(CC#N)NCc1ccc(N(C)C)cc1. The molecule has 0 aliphatic rings. The molecule has 3 nitrogen and oxygen atoms in total. The van der Waals surface area contributed by atoms with Crippen LogP contribution in [0.25, 0.3) is 0 Å². The van der Waals surface area contributed by atoms with Crippen LogP contribution in [-0.2, 0) is 6.54 Å². The zero-order chi connectivity index (χ0) is 12.7. The molecule has 1 atom stereocenters. The topological polar surface area (TPSA) is 39.1 Å². The molecule has 0 aromatic heterocycles. The van der Waals surface area contributed by atoms with Gasteiger partial charge < -0.3 is 10.2 Å². The van der Waals surface area contributed by atoms with Crippen molar-refractivity contribution in [3.05, 3.63) is 29.8 Å². The van der Waals surface area contributed by atoms with E-state index in [0.29, 0.717) is 12.5 Å². The first-order valence-electron chi connectivity index (χ1n) is 6.04.